The van der Waals surface area contributed by atoms with Crippen molar-refractivity contribution >= 4 is 22.7 Å². The standard InChI is InChI=1S/C15H15N3O2/c16-13(9-18-14(19)8-17-15(18)20)12-7-3-5-10-4-1-2-6-11(10)12/h1-7,13H,8-9,16H2,(H,17,20). The second-order valence-corrected chi connectivity index (χ2v) is 4.84. The molecule has 2 aromatic carbocycles. The van der Waals surface area contributed by atoms with Gasteiger partial charge in [0, 0.05) is 12.6 Å². The summed E-state index contributed by atoms with van der Waals surface area (Å²) in [6, 6.07) is 13.0. The van der Waals surface area contributed by atoms with Crippen LogP contribution in [0.25, 0.3) is 10.8 Å². The third-order valence-electron chi connectivity index (χ3n) is 3.54. The van der Waals surface area contributed by atoms with E-state index in [9.17, 15) is 9.59 Å². The van der Waals surface area contributed by atoms with E-state index in [1.165, 1.54) is 4.90 Å². The summed E-state index contributed by atoms with van der Waals surface area (Å²) in [6.45, 7) is 0.250. The van der Waals surface area contributed by atoms with Crippen molar-refractivity contribution in [2.24, 2.45) is 5.73 Å². The molecule has 0 bridgehead atoms. The van der Waals surface area contributed by atoms with E-state index in [0.29, 0.717) is 0 Å². The van der Waals surface area contributed by atoms with E-state index in [4.69, 9.17) is 5.73 Å². The number of nitrogens with two attached hydrogens (primary N) is 1. The zero-order valence-electron chi connectivity index (χ0n) is 10.9. The quantitative estimate of drug-likeness (QED) is 0.827. The molecular weight excluding hydrogens is 254 g/mol. The topological polar surface area (TPSA) is 75.4 Å². The largest absolute Gasteiger partial charge is 0.329 e. The van der Waals surface area contributed by atoms with Crippen LogP contribution in [-0.2, 0) is 4.79 Å². The van der Waals surface area contributed by atoms with Gasteiger partial charge in [-0.1, -0.05) is 42.5 Å². The highest BCUT2D eigenvalue weighted by Crippen LogP contribution is 2.24. The third kappa shape index (κ3) is 2.12. The summed E-state index contributed by atoms with van der Waals surface area (Å²) < 4.78 is 0. The van der Waals surface area contributed by atoms with Crippen LogP contribution in [0.1, 0.15) is 11.6 Å². The van der Waals surface area contributed by atoms with Crippen molar-refractivity contribution in [3.05, 3.63) is 48.0 Å². The molecule has 1 unspecified atom stereocenters. The van der Waals surface area contributed by atoms with Crippen LogP contribution in [-0.4, -0.2) is 29.9 Å². The number of hydrogen-bond donors (Lipinski definition) is 2. The molecule has 0 aliphatic carbocycles. The van der Waals surface area contributed by atoms with Crippen LogP contribution in [0, 0.1) is 0 Å². The van der Waals surface area contributed by atoms with Gasteiger partial charge in [-0.2, -0.15) is 0 Å². The summed E-state index contributed by atoms with van der Waals surface area (Å²) in [6.07, 6.45) is 0. The SMILES string of the molecule is NC(CN1C(=O)CNC1=O)c1cccc2ccccc12. The van der Waals surface area contributed by atoms with E-state index in [0.717, 1.165) is 16.3 Å². The van der Waals surface area contributed by atoms with Crippen LogP contribution in [0.2, 0.25) is 0 Å². The van der Waals surface area contributed by atoms with Crippen molar-refractivity contribution in [2.75, 3.05) is 13.1 Å². The van der Waals surface area contributed by atoms with Crippen LogP contribution >= 0.6 is 0 Å². The van der Waals surface area contributed by atoms with Crippen LogP contribution < -0.4 is 11.1 Å². The van der Waals surface area contributed by atoms with Gasteiger partial charge in [0.05, 0.1) is 6.54 Å². The number of nitrogens with one attached hydrogen (secondary N) is 1. The van der Waals surface area contributed by atoms with Gasteiger partial charge in [-0.3, -0.25) is 9.69 Å². The number of rotatable bonds is 3. The molecule has 1 aliphatic rings. The Kier molecular flexibility index (Phi) is 3.12. The van der Waals surface area contributed by atoms with Crippen molar-refractivity contribution in [3.63, 3.8) is 0 Å². The lowest BCUT2D eigenvalue weighted by atomic mass is 9.99. The number of fused-ring (bicyclic) bond motifs is 1. The first-order valence-electron chi connectivity index (χ1n) is 6.48. The molecule has 1 heterocycles. The molecule has 0 saturated carbocycles. The number of amides is 3. The maximum atomic E-state index is 11.6. The van der Waals surface area contributed by atoms with E-state index in [1.54, 1.807) is 0 Å². The molecule has 102 valence electrons. The zero-order valence-corrected chi connectivity index (χ0v) is 10.9. The fourth-order valence-electron chi connectivity index (χ4n) is 2.51. The summed E-state index contributed by atoms with van der Waals surface area (Å²) >= 11 is 0. The maximum absolute atomic E-state index is 11.6. The third-order valence-corrected chi connectivity index (χ3v) is 3.54. The molecule has 0 aromatic heterocycles. The molecule has 1 fully saturated rings. The van der Waals surface area contributed by atoms with Gasteiger partial charge in [-0.25, -0.2) is 4.79 Å². The predicted molar refractivity (Wildman–Crippen MR) is 76.0 cm³/mol. The highest BCUT2D eigenvalue weighted by atomic mass is 16.2. The van der Waals surface area contributed by atoms with Crippen molar-refractivity contribution < 1.29 is 9.59 Å². The highest BCUT2D eigenvalue weighted by molar-refractivity contribution is 6.02. The number of hydrogen-bond acceptors (Lipinski definition) is 3. The molecule has 1 saturated heterocycles. The molecule has 2 aromatic rings. The molecule has 5 nitrogen and oxygen atoms in total. The first-order valence-corrected chi connectivity index (χ1v) is 6.48. The van der Waals surface area contributed by atoms with Crippen LogP contribution in [0.4, 0.5) is 4.79 Å². The van der Waals surface area contributed by atoms with E-state index in [2.05, 4.69) is 5.32 Å². The summed E-state index contributed by atoms with van der Waals surface area (Å²) in [5.74, 6) is -0.231. The molecule has 20 heavy (non-hydrogen) atoms. The molecule has 1 atom stereocenters. The smallest absolute Gasteiger partial charge is 0.324 e. The van der Waals surface area contributed by atoms with Crippen molar-refractivity contribution in [1.29, 1.82) is 0 Å². The minimum atomic E-state index is -0.395. The molecule has 5 heteroatoms. The number of nitrogens with zero attached hydrogens (tertiary/aromatic N) is 1. The van der Waals surface area contributed by atoms with E-state index < -0.39 is 6.04 Å². The summed E-state index contributed by atoms with van der Waals surface area (Å²) in [5, 5.41) is 4.64. The Morgan fingerprint density at radius 3 is 2.65 bits per heavy atom. The molecule has 3 rings (SSSR count). The van der Waals surface area contributed by atoms with E-state index in [1.807, 2.05) is 42.5 Å². The molecule has 1 aliphatic heterocycles. The predicted octanol–water partition coefficient (Wildman–Crippen LogP) is 1.39. The Balaban J connectivity index is 1.91. The van der Waals surface area contributed by atoms with Crippen LogP contribution in [0.5, 0.6) is 0 Å². The Morgan fingerprint density at radius 1 is 1.15 bits per heavy atom. The van der Waals surface area contributed by atoms with Crippen molar-refractivity contribution in [3.8, 4) is 0 Å². The Morgan fingerprint density at radius 2 is 1.90 bits per heavy atom. The lowest BCUT2D eigenvalue weighted by molar-refractivity contribution is -0.125. The molecule has 0 radical (unpaired) electrons. The first-order chi connectivity index (χ1) is 9.66. The molecule has 0 spiro atoms. The van der Waals surface area contributed by atoms with Gasteiger partial charge in [0.15, 0.2) is 0 Å². The van der Waals surface area contributed by atoms with Crippen LogP contribution in [0.15, 0.2) is 42.5 Å². The molecule has 3 amide bonds. The van der Waals surface area contributed by atoms with Gasteiger partial charge in [0.2, 0.25) is 5.91 Å². The van der Waals surface area contributed by atoms with Gasteiger partial charge in [-0.05, 0) is 16.3 Å². The average molecular weight is 269 g/mol. The minimum absolute atomic E-state index is 0.0566. The zero-order chi connectivity index (χ0) is 14.1. The molecular formula is C15H15N3O2. The summed E-state index contributed by atoms with van der Waals surface area (Å²) in [4.78, 5) is 24.3. The number of carbonyl (C=O) groups excluding carboxylic acids is 2. The van der Waals surface area contributed by atoms with Crippen molar-refractivity contribution in [1.82, 2.24) is 10.2 Å². The van der Waals surface area contributed by atoms with Gasteiger partial charge >= 0.3 is 6.03 Å². The Hall–Kier alpha value is -2.40. The Bertz CT molecular complexity index is 662. The second kappa shape index (κ2) is 4.94. The lowest BCUT2D eigenvalue weighted by Gasteiger charge is -2.19. The number of urea groups is 1. The number of imide groups is 1. The minimum Gasteiger partial charge on any atom is -0.329 e. The van der Waals surface area contributed by atoms with Gasteiger partial charge in [0.25, 0.3) is 0 Å². The normalized spacial score (nSPS) is 16.6. The lowest BCUT2D eigenvalue weighted by Crippen LogP contribution is -2.37. The monoisotopic (exact) mass is 269 g/mol. The maximum Gasteiger partial charge on any atom is 0.324 e. The first kappa shape index (κ1) is 12.6. The molecule has 3 N–H and O–H groups in total. The van der Waals surface area contributed by atoms with Gasteiger partial charge in [-0.15, -0.1) is 0 Å². The number of benzene rings is 2. The van der Waals surface area contributed by atoms with Crippen molar-refractivity contribution in [2.45, 2.75) is 6.04 Å². The summed E-state index contributed by atoms with van der Waals surface area (Å²) in [5.41, 5.74) is 7.13. The summed E-state index contributed by atoms with van der Waals surface area (Å²) in [7, 11) is 0. The van der Waals surface area contributed by atoms with Crippen LogP contribution in [0.3, 0.4) is 0 Å². The Labute approximate surface area is 116 Å². The number of carbonyl (C=O) groups is 2. The fourth-order valence-corrected chi connectivity index (χ4v) is 2.51. The van der Waals surface area contributed by atoms with E-state index in [-0.39, 0.29) is 25.0 Å². The highest BCUT2D eigenvalue weighted by Gasteiger charge is 2.30. The fraction of sp³-hybridized carbons (Fsp3) is 0.200. The van der Waals surface area contributed by atoms with E-state index >= 15 is 0 Å². The van der Waals surface area contributed by atoms with Gasteiger partial charge < -0.3 is 11.1 Å². The second-order valence-electron chi connectivity index (χ2n) is 4.84. The van der Waals surface area contributed by atoms with Gasteiger partial charge in [0.1, 0.15) is 0 Å². The average Bonchev–Trinajstić information content (AvgIpc) is 2.78.